The number of rotatable bonds is 4. The molecule has 2 aromatic carbocycles. The lowest BCUT2D eigenvalue weighted by molar-refractivity contribution is -0.147. The number of amides is 3. The van der Waals surface area contributed by atoms with Crippen LogP contribution in [0.4, 0.5) is 0 Å². The van der Waals surface area contributed by atoms with Gasteiger partial charge in [0, 0.05) is 32.7 Å². The molecule has 6 nitrogen and oxygen atoms in total. The molecule has 6 rings (SSSR count). The molecule has 3 fully saturated rings. The Hall–Kier alpha value is -2.99. The van der Waals surface area contributed by atoms with Gasteiger partial charge in [-0.25, -0.2) is 0 Å². The van der Waals surface area contributed by atoms with Gasteiger partial charge in [0.2, 0.25) is 17.7 Å². The number of nitrogens with zero attached hydrogens (tertiary/aromatic N) is 3. The van der Waals surface area contributed by atoms with Crippen LogP contribution in [0.2, 0.25) is 0 Å². The van der Waals surface area contributed by atoms with Crippen molar-refractivity contribution in [2.45, 2.75) is 13.0 Å². The molecule has 2 bridgehead atoms. The monoisotopic (exact) mass is 429 g/mol. The van der Waals surface area contributed by atoms with E-state index in [2.05, 4.69) is 59.5 Å². The second kappa shape index (κ2) is 7.55. The van der Waals surface area contributed by atoms with Crippen LogP contribution in [0, 0.1) is 23.7 Å². The maximum Gasteiger partial charge on any atom is 0.242 e. The van der Waals surface area contributed by atoms with Crippen LogP contribution >= 0.6 is 0 Å². The molecule has 164 valence electrons. The number of imide groups is 1. The summed E-state index contributed by atoms with van der Waals surface area (Å²) < 4.78 is 0. The van der Waals surface area contributed by atoms with Crippen LogP contribution in [0.25, 0.3) is 10.8 Å². The predicted molar refractivity (Wildman–Crippen MR) is 120 cm³/mol. The van der Waals surface area contributed by atoms with Crippen molar-refractivity contribution < 1.29 is 14.4 Å². The van der Waals surface area contributed by atoms with E-state index in [-0.39, 0.29) is 47.9 Å². The quantitative estimate of drug-likeness (QED) is 0.553. The number of likely N-dealkylation sites (tertiary alicyclic amines) is 1. The molecule has 32 heavy (non-hydrogen) atoms. The molecule has 2 heterocycles. The van der Waals surface area contributed by atoms with Gasteiger partial charge in [-0.15, -0.1) is 0 Å². The van der Waals surface area contributed by atoms with Gasteiger partial charge in [-0.1, -0.05) is 54.6 Å². The van der Waals surface area contributed by atoms with Crippen molar-refractivity contribution in [1.82, 2.24) is 14.7 Å². The van der Waals surface area contributed by atoms with Crippen molar-refractivity contribution in [3.63, 3.8) is 0 Å². The predicted octanol–water partition coefficient (Wildman–Crippen LogP) is 2.29. The molecule has 0 N–H and O–H groups in total. The van der Waals surface area contributed by atoms with Crippen molar-refractivity contribution in [1.29, 1.82) is 0 Å². The zero-order valence-corrected chi connectivity index (χ0v) is 18.0. The summed E-state index contributed by atoms with van der Waals surface area (Å²) >= 11 is 0. The summed E-state index contributed by atoms with van der Waals surface area (Å²) in [6.45, 7) is 3.57. The highest BCUT2D eigenvalue weighted by Crippen LogP contribution is 2.52. The van der Waals surface area contributed by atoms with Gasteiger partial charge in [-0.05, 0) is 34.6 Å². The van der Waals surface area contributed by atoms with E-state index in [1.807, 2.05) is 0 Å². The minimum atomic E-state index is -0.233. The SMILES string of the molecule is O=C(CN1C(=O)C2C3C=CC(C3)C2C1=O)N1CCN(Cc2cccc3ccccc23)CC1. The molecular weight excluding hydrogens is 402 g/mol. The zero-order chi connectivity index (χ0) is 21.8. The number of hydrogen-bond acceptors (Lipinski definition) is 4. The van der Waals surface area contributed by atoms with Gasteiger partial charge >= 0.3 is 0 Å². The van der Waals surface area contributed by atoms with Crippen molar-refractivity contribution in [3.8, 4) is 0 Å². The van der Waals surface area contributed by atoms with E-state index in [9.17, 15) is 14.4 Å². The number of benzene rings is 2. The summed E-state index contributed by atoms with van der Waals surface area (Å²) in [4.78, 5) is 44.1. The van der Waals surface area contributed by atoms with Gasteiger partial charge in [0.15, 0.2) is 0 Å². The highest BCUT2D eigenvalue weighted by atomic mass is 16.2. The smallest absolute Gasteiger partial charge is 0.242 e. The lowest BCUT2D eigenvalue weighted by Gasteiger charge is -2.35. The minimum Gasteiger partial charge on any atom is -0.339 e. The average molecular weight is 430 g/mol. The first kappa shape index (κ1) is 19.7. The van der Waals surface area contributed by atoms with Crippen LogP contribution in [0.1, 0.15) is 12.0 Å². The van der Waals surface area contributed by atoms with Gasteiger partial charge in [0.1, 0.15) is 6.54 Å². The molecule has 3 amide bonds. The number of allylic oxidation sites excluding steroid dienone is 2. The molecular formula is C26H27N3O3. The number of carbonyl (C=O) groups is 3. The lowest BCUT2D eigenvalue weighted by atomic mass is 9.85. The van der Waals surface area contributed by atoms with Crippen LogP contribution in [0.3, 0.4) is 0 Å². The Morgan fingerprint density at radius 2 is 1.50 bits per heavy atom. The number of hydrogen-bond donors (Lipinski definition) is 0. The Morgan fingerprint density at radius 3 is 2.22 bits per heavy atom. The van der Waals surface area contributed by atoms with Crippen LogP contribution in [-0.2, 0) is 20.9 Å². The largest absolute Gasteiger partial charge is 0.339 e. The fourth-order valence-electron chi connectivity index (χ4n) is 6.18. The van der Waals surface area contributed by atoms with E-state index >= 15 is 0 Å². The Morgan fingerprint density at radius 1 is 0.844 bits per heavy atom. The van der Waals surface area contributed by atoms with Crippen molar-refractivity contribution in [2.75, 3.05) is 32.7 Å². The van der Waals surface area contributed by atoms with Gasteiger partial charge in [-0.2, -0.15) is 0 Å². The molecule has 2 aliphatic carbocycles. The molecule has 4 aliphatic rings. The molecule has 0 aromatic heterocycles. The molecule has 2 aromatic rings. The normalized spacial score (nSPS) is 29.4. The third-order valence-corrected chi connectivity index (χ3v) is 7.85. The third kappa shape index (κ3) is 3.08. The summed E-state index contributed by atoms with van der Waals surface area (Å²) in [5, 5.41) is 2.51. The topological polar surface area (TPSA) is 60.9 Å². The highest BCUT2D eigenvalue weighted by molar-refractivity contribution is 6.08. The van der Waals surface area contributed by atoms with Gasteiger partial charge in [0.25, 0.3) is 0 Å². The molecule has 2 saturated heterocycles. The van der Waals surface area contributed by atoms with Crippen molar-refractivity contribution in [2.24, 2.45) is 23.7 Å². The molecule has 0 spiro atoms. The highest BCUT2D eigenvalue weighted by Gasteiger charge is 2.59. The lowest BCUT2D eigenvalue weighted by Crippen LogP contribution is -2.51. The third-order valence-electron chi connectivity index (χ3n) is 7.85. The average Bonchev–Trinajstić information content (AvgIpc) is 3.50. The maximum atomic E-state index is 12.9. The number of carbonyl (C=O) groups excluding carboxylic acids is 3. The van der Waals surface area contributed by atoms with E-state index in [0.717, 1.165) is 26.1 Å². The summed E-state index contributed by atoms with van der Waals surface area (Å²) in [5.41, 5.74) is 1.30. The fraction of sp³-hybridized carbons (Fsp3) is 0.423. The van der Waals surface area contributed by atoms with E-state index < -0.39 is 0 Å². The van der Waals surface area contributed by atoms with Gasteiger partial charge < -0.3 is 4.90 Å². The van der Waals surface area contributed by atoms with E-state index in [1.54, 1.807) is 4.90 Å². The molecule has 1 saturated carbocycles. The second-order valence-electron chi connectivity index (χ2n) is 9.56. The van der Waals surface area contributed by atoms with E-state index in [4.69, 9.17) is 0 Å². The van der Waals surface area contributed by atoms with Gasteiger partial charge in [-0.3, -0.25) is 24.2 Å². The van der Waals surface area contributed by atoms with E-state index in [0.29, 0.717) is 13.1 Å². The van der Waals surface area contributed by atoms with E-state index in [1.165, 1.54) is 21.2 Å². The summed E-state index contributed by atoms with van der Waals surface area (Å²) in [5.74, 6) is -0.500. The first-order chi connectivity index (χ1) is 15.6. The first-order valence-electron chi connectivity index (χ1n) is 11.6. The van der Waals surface area contributed by atoms with Gasteiger partial charge in [0.05, 0.1) is 11.8 Å². The molecule has 0 radical (unpaired) electrons. The number of piperazine rings is 1. The molecule has 4 unspecified atom stereocenters. The Labute approximate surface area is 187 Å². The van der Waals surface area contributed by atoms with Crippen molar-refractivity contribution in [3.05, 3.63) is 60.2 Å². The van der Waals surface area contributed by atoms with Crippen LogP contribution in [0.5, 0.6) is 0 Å². The maximum absolute atomic E-state index is 12.9. The Balaban J connectivity index is 1.07. The fourth-order valence-corrected chi connectivity index (χ4v) is 6.18. The van der Waals surface area contributed by atoms with Crippen molar-refractivity contribution >= 4 is 28.5 Å². The summed E-state index contributed by atoms with van der Waals surface area (Å²) in [6, 6.07) is 14.8. The Kier molecular flexibility index (Phi) is 4.65. The Bertz CT molecular complexity index is 1100. The van der Waals surface area contributed by atoms with Crippen LogP contribution < -0.4 is 0 Å². The summed E-state index contributed by atoms with van der Waals surface area (Å²) in [7, 11) is 0. The molecule has 2 aliphatic heterocycles. The minimum absolute atomic E-state index is 0.104. The zero-order valence-electron chi connectivity index (χ0n) is 18.0. The first-order valence-corrected chi connectivity index (χ1v) is 11.6. The van der Waals surface area contributed by atoms with Crippen LogP contribution in [-0.4, -0.2) is 65.1 Å². The summed E-state index contributed by atoms with van der Waals surface area (Å²) in [6.07, 6.45) is 5.07. The second-order valence-corrected chi connectivity index (χ2v) is 9.56. The molecule has 4 atom stereocenters. The number of fused-ring (bicyclic) bond motifs is 6. The molecule has 6 heteroatoms. The standard InChI is InChI=1S/C26H27N3O3/c30-22(16-29-25(31)23-18-8-9-19(14-18)24(23)26(29)32)28-12-10-27(11-13-28)15-20-6-3-5-17-4-1-2-7-21(17)20/h1-9,18-19,23-24H,10-16H2. The van der Waals surface area contributed by atoms with Crippen LogP contribution in [0.15, 0.2) is 54.6 Å².